The monoisotopic (exact) mass is 471 g/mol. The van der Waals surface area contributed by atoms with Gasteiger partial charge in [-0.15, -0.1) is 0 Å². The summed E-state index contributed by atoms with van der Waals surface area (Å²) in [5.74, 6) is 1.46. The summed E-state index contributed by atoms with van der Waals surface area (Å²) in [5.41, 5.74) is 5.54. The highest BCUT2D eigenvalue weighted by molar-refractivity contribution is 14.1. The fourth-order valence-electron chi connectivity index (χ4n) is 2.64. The van der Waals surface area contributed by atoms with Gasteiger partial charge in [-0.2, -0.15) is 0 Å². The number of aliphatic imine (C=N–C) groups is 1. The average molecular weight is 471 g/mol. The van der Waals surface area contributed by atoms with Crippen molar-refractivity contribution in [1.82, 2.24) is 0 Å². The number of hydrogen-bond donors (Lipinski definition) is 0. The number of aryl methyl sites for hydroxylation is 2. The molecule has 3 nitrogen and oxygen atoms in total. The van der Waals surface area contributed by atoms with Crippen LogP contribution in [0.3, 0.4) is 0 Å². The first-order valence-corrected chi connectivity index (χ1v) is 9.80. The fraction of sp³-hybridized carbons (Fsp3) is 0.174. The molecule has 0 unspecified atom stereocenters. The first kappa shape index (κ1) is 19.4. The molecule has 0 atom stereocenters. The van der Waals surface area contributed by atoms with Crippen molar-refractivity contribution in [1.29, 1.82) is 0 Å². The average Bonchev–Trinajstić information content (AvgIpc) is 2.68. The Balaban J connectivity index is 1.80. The van der Waals surface area contributed by atoms with Crippen LogP contribution in [0.5, 0.6) is 11.5 Å². The second-order valence-corrected chi connectivity index (χ2v) is 7.50. The molecule has 0 amide bonds. The van der Waals surface area contributed by atoms with E-state index in [4.69, 9.17) is 9.47 Å². The molecule has 138 valence electrons. The first-order valence-electron chi connectivity index (χ1n) is 8.72. The molecule has 0 saturated carbocycles. The Morgan fingerprint density at radius 2 is 1.74 bits per heavy atom. The maximum absolute atomic E-state index is 6.01. The Bertz CT molecular complexity index is 952. The van der Waals surface area contributed by atoms with E-state index in [0.29, 0.717) is 12.4 Å². The topological polar surface area (TPSA) is 30.8 Å². The molecule has 0 N–H and O–H groups in total. The smallest absolute Gasteiger partial charge is 0.174 e. The van der Waals surface area contributed by atoms with E-state index >= 15 is 0 Å². The van der Waals surface area contributed by atoms with Crippen LogP contribution in [0.2, 0.25) is 0 Å². The van der Waals surface area contributed by atoms with Gasteiger partial charge in [0.25, 0.3) is 0 Å². The highest BCUT2D eigenvalue weighted by Crippen LogP contribution is 2.34. The molecule has 0 bridgehead atoms. The SMILES string of the molecule is COc1cc(C=Nc2ccc(C)c(C)c2)cc(I)c1OCc1ccccc1. The molecule has 0 aliphatic carbocycles. The Morgan fingerprint density at radius 3 is 2.44 bits per heavy atom. The van der Waals surface area contributed by atoms with Gasteiger partial charge in [0.15, 0.2) is 11.5 Å². The van der Waals surface area contributed by atoms with Gasteiger partial charge < -0.3 is 9.47 Å². The van der Waals surface area contributed by atoms with Crippen molar-refractivity contribution in [2.45, 2.75) is 20.5 Å². The minimum Gasteiger partial charge on any atom is -0.493 e. The molecular formula is C23H22INO2. The third kappa shape index (κ3) is 5.10. The lowest BCUT2D eigenvalue weighted by Crippen LogP contribution is -2.00. The van der Waals surface area contributed by atoms with Gasteiger partial charge in [-0.25, -0.2) is 0 Å². The number of benzene rings is 3. The Kier molecular flexibility index (Phi) is 6.50. The van der Waals surface area contributed by atoms with E-state index in [0.717, 1.165) is 26.1 Å². The van der Waals surface area contributed by atoms with Gasteiger partial charge in [0, 0.05) is 6.21 Å². The van der Waals surface area contributed by atoms with Crippen molar-refractivity contribution >= 4 is 34.5 Å². The van der Waals surface area contributed by atoms with Crippen molar-refractivity contribution in [2.75, 3.05) is 7.11 Å². The summed E-state index contributed by atoms with van der Waals surface area (Å²) >= 11 is 2.28. The maximum Gasteiger partial charge on any atom is 0.174 e. The van der Waals surface area contributed by atoms with Gasteiger partial charge in [-0.1, -0.05) is 36.4 Å². The molecule has 0 saturated heterocycles. The quantitative estimate of drug-likeness (QED) is 0.315. The first-order chi connectivity index (χ1) is 13.1. The van der Waals surface area contributed by atoms with Crippen LogP contribution in [0.1, 0.15) is 22.3 Å². The number of nitrogens with zero attached hydrogens (tertiary/aromatic N) is 1. The van der Waals surface area contributed by atoms with Crippen LogP contribution < -0.4 is 9.47 Å². The zero-order valence-corrected chi connectivity index (χ0v) is 17.9. The van der Waals surface area contributed by atoms with Crippen molar-refractivity contribution < 1.29 is 9.47 Å². The fourth-order valence-corrected chi connectivity index (χ4v) is 3.42. The summed E-state index contributed by atoms with van der Waals surface area (Å²) in [6.45, 7) is 4.70. The molecule has 3 aromatic carbocycles. The molecule has 0 aromatic heterocycles. The van der Waals surface area contributed by atoms with E-state index in [1.54, 1.807) is 7.11 Å². The molecule has 27 heavy (non-hydrogen) atoms. The summed E-state index contributed by atoms with van der Waals surface area (Å²) in [4.78, 5) is 4.59. The van der Waals surface area contributed by atoms with Gasteiger partial charge in [0.1, 0.15) is 6.61 Å². The lowest BCUT2D eigenvalue weighted by atomic mass is 10.1. The largest absolute Gasteiger partial charge is 0.493 e. The summed E-state index contributed by atoms with van der Waals surface area (Å²) in [7, 11) is 1.66. The van der Waals surface area contributed by atoms with Gasteiger partial charge in [-0.3, -0.25) is 4.99 Å². The second kappa shape index (κ2) is 9.04. The van der Waals surface area contributed by atoms with E-state index in [1.165, 1.54) is 11.1 Å². The van der Waals surface area contributed by atoms with Gasteiger partial charge in [-0.05, 0) is 83.0 Å². The molecular weight excluding hydrogens is 449 g/mol. The molecule has 4 heteroatoms. The number of rotatable bonds is 6. The minimum absolute atomic E-state index is 0.503. The lowest BCUT2D eigenvalue weighted by molar-refractivity contribution is 0.282. The van der Waals surface area contributed by atoms with Gasteiger partial charge >= 0.3 is 0 Å². The minimum atomic E-state index is 0.503. The zero-order chi connectivity index (χ0) is 19.2. The normalized spacial score (nSPS) is 11.0. The number of methoxy groups -OCH3 is 1. The summed E-state index contributed by atoms with van der Waals surface area (Å²) < 4.78 is 12.6. The third-order valence-electron chi connectivity index (χ3n) is 4.33. The number of ether oxygens (including phenoxy) is 2. The molecule has 0 radical (unpaired) electrons. The highest BCUT2D eigenvalue weighted by Gasteiger charge is 2.11. The molecule has 0 aliphatic rings. The van der Waals surface area contributed by atoms with Crippen LogP contribution in [0.15, 0.2) is 65.7 Å². The van der Waals surface area contributed by atoms with E-state index in [9.17, 15) is 0 Å². The van der Waals surface area contributed by atoms with E-state index in [-0.39, 0.29) is 0 Å². The molecule has 3 rings (SSSR count). The van der Waals surface area contributed by atoms with Crippen LogP contribution >= 0.6 is 22.6 Å². The maximum atomic E-state index is 6.01. The Labute approximate surface area is 174 Å². The Hall–Kier alpha value is -2.34. The van der Waals surface area contributed by atoms with Crippen LogP contribution in [0.4, 0.5) is 5.69 Å². The Morgan fingerprint density at radius 1 is 0.963 bits per heavy atom. The van der Waals surface area contributed by atoms with E-state index < -0.39 is 0 Å². The summed E-state index contributed by atoms with van der Waals surface area (Å²) in [5, 5.41) is 0. The standard InChI is InChI=1S/C23H22INO2/c1-16-9-10-20(11-17(16)2)25-14-19-12-21(24)23(22(13-19)26-3)27-15-18-7-5-4-6-8-18/h4-14H,15H2,1-3H3. The van der Waals surface area contributed by atoms with Gasteiger partial charge in [0.05, 0.1) is 16.4 Å². The molecule has 3 aromatic rings. The zero-order valence-electron chi connectivity index (χ0n) is 15.7. The predicted molar refractivity (Wildman–Crippen MR) is 120 cm³/mol. The van der Waals surface area contributed by atoms with Crippen LogP contribution in [0, 0.1) is 17.4 Å². The second-order valence-electron chi connectivity index (χ2n) is 6.34. The van der Waals surface area contributed by atoms with Crippen LogP contribution in [0.25, 0.3) is 0 Å². The van der Waals surface area contributed by atoms with Crippen LogP contribution in [-0.2, 0) is 6.61 Å². The predicted octanol–water partition coefficient (Wildman–Crippen LogP) is 6.25. The van der Waals surface area contributed by atoms with Gasteiger partial charge in [0.2, 0.25) is 0 Å². The van der Waals surface area contributed by atoms with Crippen molar-refractivity contribution in [3.05, 3.63) is 86.5 Å². The summed E-state index contributed by atoms with van der Waals surface area (Å²) in [6, 6.07) is 20.3. The third-order valence-corrected chi connectivity index (χ3v) is 5.13. The molecule has 0 spiro atoms. The van der Waals surface area contributed by atoms with Crippen LogP contribution in [-0.4, -0.2) is 13.3 Å². The van der Waals surface area contributed by atoms with E-state index in [1.807, 2.05) is 54.7 Å². The van der Waals surface area contributed by atoms with Crippen molar-refractivity contribution in [3.8, 4) is 11.5 Å². The lowest BCUT2D eigenvalue weighted by Gasteiger charge is -2.13. The van der Waals surface area contributed by atoms with Crippen molar-refractivity contribution in [2.24, 2.45) is 4.99 Å². The van der Waals surface area contributed by atoms with E-state index in [2.05, 4.69) is 53.6 Å². The summed E-state index contributed by atoms with van der Waals surface area (Å²) in [6.07, 6.45) is 1.86. The number of halogens is 1. The van der Waals surface area contributed by atoms with Crippen molar-refractivity contribution in [3.63, 3.8) is 0 Å². The number of hydrogen-bond acceptors (Lipinski definition) is 3. The molecule has 0 fully saturated rings. The molecule has 0 aliphatic heterocycles. The molecule has 0 heterocycles. The highest BCUT2D eigenvalue weighted by atomic mass is 127.